The smallest absolute Gasteiger partial charge is 0.324 e. The molecule has 19 heavy (non-hydrogen) atoms. The number of carbonyl (C=O) groups is 1. The maximum atomic E-state index is 11.8. The summed E-state index contributed by atoms with van der Waals surface area (Å²) in [5.41, 5.74) is 1.76. The number of amides is 2. The molecule has 0 fully saturated rings. The SMILES string of the molecule is O=C(Nc1ccccc1)Nc1cc2ccccc2[nH]1. The van der Waals surface area contributed by atoms with Gasteiger partial charge >= 0.3 is 6.03 Å². The number of aromatic amines is 1. The molecule has 0 unspecified atom stereocenters. The van der Waals surface area contributed by atoms with E-state index in [1.54, 1.807) is 0 Å². The normalized spacial score (nSPS) is 10.3. The molecule has 3 N–H and O–H groups in total. The van der Waals surface area contributed by atoms with Crippen molar-refractivity contribution in [1.29, 1.82) is 0 Å². The molecule has 0 aliphatic carbocycles. The van der Waals surface area contributed by atoms with Crippen molar-refractivity contribution in [1.82, 2.24) is 4.98 Å². The van der Waals surface area contributed by atoms with E-state index in [1.165, 1.54) is 0 Å². The molecule has 2 aromatic carbocycles. The Hall–Kier alpha value is -2.75. The van der Waals surface area contributed by atoms with Gasteiger partial charge in [0.2, 0.25) is 0 Å². The van der Waals surface area contributed by atoms with Gasteiger partial charge in [-0.25, -0.2) is 4.79 Å². The van der Waals surface area contributed by atoms with E-state index >= 15 is 0 Å². The monoisotopic (exact) mass is 251 g/mol. The van der Waals surface area contributed by atoms with Gasteiger partial charge in [0.25, 0.3) is 0 Å². The van der Waals surface area contributed by atoms with E-state index < -0.39 is 0 Å². The fourth-order valence-corrected chi connectivity index (χ4v) is 1.95. The second kappa shape index (κ2) is 4.86. The van der Waals surface area contributed by atoms with Crippen LogP contribution in [0.15, 0.2) is 60.7 Å². The van der Waals surface area contributed by atoms with E-state index in [2.05, 4.69) is 15.6 Å². The van der Waals surface area contributed by atoms with Gasteiger partial charge in [-0.15, -0.1) is 0 Å². The van der Waals surface area contributed by atoms with Crippen LogP contribution in [0, 0.1) is 0 Å². The number of hydrogen-bond donors (Lipinski definition) is 3. The lowest BCUT2D eigenvalue weighted by atomic mass is 10.2. The molecule has 3 rings (SSSR count). The summed E-state index contributed by atoms with van der Waals surface area (Å²) < 4.78 is 0. The molecule has 4 heteroatoms. The first-order valence-corrected chi connectivity index (χ1v) is 6.02. The molecule has 0 aliphatic rings. The summed E-state index contributed by atoms with van der Waals surface area (Å²) in [7, 11) is 0. The van der Waals surface area contributed by atoms with E-state index in [1.807, 2.05) is 60.7 Å². The Morgan fingerprint density at radius 2 is 1.63 bits per heavy atom. The summed E-state index contributed by atoms with van der Waals surface area (Å²) in [5, 5.41) is 6.61. The molecule has 0 saturated heterocycles. The minimum absolute atomic E-state index is 0.266. The second-order valence-electron chi connectivity index (χ2n) is 4.22. The lowest BCUT2D eigenvalue weighted by Crippen LogP contribution is -2.19. The van der Waals surface area contributed by atoms with Crippen LogP contribution in [-0.2, 0) is 0 Å². The van der Waals surface area contributed by atoms with Gasteiger partial charge in [0, 0.05) is 16.6 Å². The number of fused-ring (bicyclic) bond motifs is 1. The third kappa shape index (κ3) is 2.57. The zero-order chi connectivity index (χ0) is 13.1. The Kier molecular flexibility index (Phi) is 2.90. The van der Waals surface area contributed by atoms with Crippen molar-refractivity contribution in [2.45, 2.75) is 0 Å². The fourth-order valence-electron chi connectivity index (χ4n) is 1.95. The molecule has 4 nitrogen and oxygen atoms in total. The molecule has 0 aliphatic heterocycles. The number of nitrogens with one attached hydrogen (secondary N) is 3. The van der Waals surface area contributed by atoms with Gasteiger partial charge in [-0.05, 0) is 24.3 Å². The van der Waals surface area contributed by atoms with E-state index in [9.17, 15) is 4.79 Å². The number of carbonyl (C=O) groups excluding carboxylic acids is 1. The Labute approximate surface area is 110 Å². The zero-order valence-corrected chi connectivity index (χ0v) is 10.2. The zero-order valence-electron chi connectivity index (χ0n) is 10.2. The average Bonchev–Trinajstić information content (AvgIpc) is 2.81. The summed E-state index contributed by atoms with van der Waals surface area (Å²) in [6.07, 6.45) is 0. The molecule has 0 bridgehead atoms. The molecule has 0 radical (unpaired) electrons. The minimum Gasteiger partial charge on any atom is -0.341 e. The molecule has 94 valence electrons. The number of para-hydroxylation sites is 2. The average molecular weight is 251 g/mol. The van der Waals surface area contributed by atoms with E-state index in [-0.39, 0.29) is 6.03 Å². The van der Waals surface area contributed by atoms with Gasteiger partial charge in [0.15, 0.2) is 0 Å². The predicted octanol–water partition coefficient (Wildman–Crippen LogP) is 3.81. The van der Waals surface area contributed by atoms with Gasteiger partial charge in [-0.2, -0.15) is 0 Å². The highest BCUT2D eigenvalue weighted by atomic mass is 16.2. The highest BCUT2D eigenvalue weighted by Gasteiger charge is 2.04. The largest absolute Gasteiger partial charge is 0.341 e. The summed E-state index contributed by atoms with van der Waals surface area (Å²) >= 11 is 0. The van der Waals surface area contributed by atoms with Crippen molar-refractivity contribution >= 4 is 28.4 Å². The summed E-state index contributed by atoms with van der Waals surface area (Å²) in [6, 6.07) is 18.8. The number of hydrogen-bond acceptors (Lipinski definition) is 1. The summed E-state index contributed by atoms with van der Waals surface area (Å²) in [4.78, 5) is 15.0. The molecule has 0 spiro atoms. The summed E-state index contributed by atoms with van der Waals surface area (Å²) in [6.45, 7) is 0. The van der Waals surface area contributed by atoms with Crippen molar-refractivity contribution in [2.75, 3.05) is 10.6 Å². The molecule has 1 heterocycles. The van der Waals surface area contributed by atoms with Gasteiger partial charge in [-0.3, -0.25) is 5.32 Å². The van der Waals surface area contributed by atoms with E-state index in [0.717, 1.165) is 16.6 Å². The predicted molar refractivity (Wildman–Crippen MR) is 77.4 cm³/mol. The van der Waals surface area contributed by atoms with Crippen molar-refractivity contribution in [3.63, 3.8) is 0 Å². The highest BCUT2D eigenvalue weighted by Crippen LogP contribution is 2.18. The van der Waals surface area contributed by atoms with E-state index in [0.29, 0.717) is 5.82 Å². The third-order valence-electron chi connectivity index (χ3n) is 2.81. The minimum atomic E-state index is -0.266. The Bertz CT molecular complexity index is 670. The maximum absolute atomic E-state index is 11.8. The molecular weight excluding hydrogens is 238 g/mol. The number of urea groups is 1. The first-order valence-electron chi connectivity index (χ1n) is 6.02. The molecular formula is C15H13N3O. The number of aromatic nitrogens is 1. The van der Waals surface area contributed by atoms with Crippen LogP contribution in [0.2, 0.25) is 0 Å². The van der Waals surface area contributed by atoms with Crippen molar-refractivity contribution < 1.29 is 4.79 Å². The van der Waals surface area contributed by atoms with Crippen LogP contribution in [0.4, 0.5) is 16.3 Å². The third-order valence-corrected chi connectivity index (χ3v) is 2.81. The Morgan fingerprint density at radius 3 is 2.42 bits per heavy atom. The number of rotatable bonds is 2. The topological polar surface area (TPSA) is 56.9 Å². The van der Waals surface area contributed by atoms with Gasteiger partial charge < -0.3 is 10.3 Å². The maximum Gasteiger partial charge on any atom is 0.324 e. The fraction of sp³-hybridized carbons (Fsp3) is 0. The molecule has 3 aromatic rings. The Morgan fingerprint density at radius 1 is 0.895 bits per heavy atom. The summed E-state index contributed by atoms with van der Waals surface area (Å²) in [5.74, 6) is 0.676. The van der Waals surface area contributed by atoms with Crippen LogP contribution in [0.3, 0.4) is 0 Å². The lowest BCUT2D eigenvalue weighted by molar-refractivity contribution is 0.262. The second-order valence-corrected chi connectivity index (χ2v) is 4.22. The van der Waals surface area contributed by atoms with Crippen molar-refractivity contribution in [2.24, 2.45) is 0 Å². The van der Waals surface area contributed by atoms with Crippen LogP contribution in [0.5, 0.6) is 0 Å². The quantitative estimate of drug-likeness (QED) is 0.637. The molecule has 1 aromatic heterocycles. The van der Waals surface area contributed by atoms with Crippen LogP contribution < -0.4 is 10.6 Å². The van der Waals surface area contributed by atoms with Crippen LogP contribution >= 0.6 is 0 Å². The van der Waals surface area contributed by atoms with E-state index in [4.69, 9.17) is 0 Å². The highest BCUT2D eigenvalue weighted by molar-refractivity contribution is 6.00. The standard InChI is InChI=1S/C15H13N3O/c19-15(16-12-7-2-1-3-8-12)18-14-10-11-6-4-5-9-13(11)17-14/h1-10,17H,(H2,16,18,19). The number of anilines is 2. The van der Waals surface area contributed by atoms with Gasteiger partial charge in [-0.1, -0.05) is 36.4 Å². The van der Waals surface area contributed by atoms with Gasteiger partial charge in [0.1, 0.15) is 5.82 Å². The molecule has 2 amide bonds. The Balaban J connectivity index is 1.72. The first-order chi connectivity index (χ1) is 9.31. The van der Waals surface area contributed by atoms with Crippen LogP contribution in [0.1, 0.15) is 0 Å². The van der Waals surface area contributed by atoms with Gasteiger partial charge in [0.05, 0.1) is 0 Å². The molecule has 0 saturated carbocycles. The van der Waals surface area contributed by atoms with Crippen LogP contribution in [0.25, 0.3) is 10.9 Å². The number of benzene rings is 2. The lowest BCUT2D eigenvalue weighted by Gasteiger charge is -2.05. The van der Waals surface area contributed by atoms with Crippen molar-refractivity contribution in [3.05, 3.63) is 60.7 Å². The number of H-pyrrole nitrogens is 1. The van der Waals surface area contributed by atoms with Crippen molar-refractivity contribution in [3.8, 4) is 0 Å². The molecule has 0 atom stereocenters. The van der Waals surface area contributed by atoms with Crippen LogP contribution in [-0.4, -0.2) is 11.0 Å². The first kappa shape index (κ1) is 11.3.